The summed E-state index contributed by atoms with van der Waals surface area (Å²) >= 11 is 1.82. The maximum Gasteiger partial charge on any atom is 0.0773 e. The van der Waals surface area contributed by atoms with Crippen LogP contribution in [0.25, 0.3) is 20.2 Å². The SMILES string of the molecule is CNCC(O)C(c1ccccc1)c1ccc2sc3ccccc3c2c1. The largest absolute Gasteiger partial charge is 0.391 e. The van der Waals surface area contributed by atoms with Crippen molar-refractivity contribution in [1.29, 1.82) is 0 Å². The average Bonchev–Trinajstić information content (AvgIpc) is 3.01. The fraction of sp³-hybridized carbons (Fsp3) is 0.182. The van der Waals surface area contributed by atoms with Crippen molar-refractivity contribution < 1.29 is 5.11 Å². The normalized spacial score (nSPS) is 14.0. The molecule has 0 saturated heterocycles. The molecule has 0 aliphatic heterocycles. The first kappa shape index (κ1) is 16.3. The molecular formula is C22H21NOS. The molecule has 0 aliphatic carbocycles. The van der Waals surface area contributed by atoms with Gasteiger partial charge in [-0.25, -0.2) is 0 Å². The zero-order valence-electron chi connectivity index (χ0n) is 14.1. The fourth-order valence-corrected chi connectivity index (χ4v) is 4.65. The van der Waals surface area contributed by atoms with Gasteiger partial charge in [-0.05, 0) is 36.4 Å². The van der Waals surface area contributed by atoms with Crippen LogP contribution in [0, 0.1) is 0 Å². The Bertz CT molecular complexity index is 993. The van der Waals surface area contributed by atoms with Gasteiger partial charge >= 0.3 is 0 Å². The average molecular weight is 347 g/mol. The zero-order valence-corrected chi connectivity index (χ0v) is 15.0. The van der Waals surface area contributed by atoms with Gasteiger partial charge in [0.15, 0.2) is 0 Å². The molecule has 2 N–H and O–H groups in total. The summed E-state index contributed by atoms with van der Waals surface area (Å²) in [4.78, 5) is 0. The number of likely N-dealkylation sites (N-methyl/N-ethyl adjacent to an activating group) is 1. The molecule has 0 aliphatic rings. The second kappa shape index (κ2) is 6.96. The number of rotatable bonds is 5. The Labute approximate surface area is 151 Å². The van der Waals surface area contributed by atoms with E-state index in [1.807, 2.05) is 36.6 Å². The van der Waals surface area contributed by atoms with E-state index >= 15 is 0 Å². The van der Waals surface area contributed by atoms with E-state index in [0.29, 0.717) is 6.54 Å². The second-order valence-electron chi connectivity index (χ2n) is 6.37. The molecule has 0 saturated carbocycles. The van der Waals surface area contributed by atoms with Crippen LogP contribution in [0.3, 0.4) is 0 Å². The number of nitrogens with one attached hydrogen (secondary N) is 1. The lowest BCUT2D eigenvalue weighted by atomic mass is 9.86. The van der Waals surface area contributed by atoms with Crippen LogP contribution in [0.2, 0.25) is 0 Å². The summed E-state index contributed by atoms with van der Waals surface area (Å²) in [5, 5.41) is 16.5. The molecule has 4 rings (SSSR count). The fourth-order valence-electron chi connectivity index (χ4n) is 3.56. The lowest BCUT2D eigenvalue weighted by Crippen LogP contribution is -2.30. The standard InChI is InChI=1S/C22H21NOS/c1-23-14-19(24)22(15-7-3-2-4-8-15)16-11-12-21-18(13-16)17-9-5-6-10-20(17)25-21/h2-13,19,22-24H,14H2,1H3. The Kier molecular flexibility index (Phi) is 4.53. The number of benzene rings is 3. The Morgan fingerprint density at radius 1 is 0.840 bits per heavy atom. The highest BCUT2D eigenvalue weighted by Crippen LogP contribution is 2.37. The number of thiophene rings is 1. The van der Waals surface area contributed by atoms with E-state index in [1.54, 1.807) is 0 Å². The first-order chi connectivity index (χ1) is 12.3. The van der Waals surface area contributed by atoms with E-state index in [-0.39, 0.29) is 5.92 Å². The Morgan fingerprint density at radius 3 is 2.36 bits per heavy atom. The van der Waals surface area contributed by atoms with Gasteiger partial charge in [0.25, 0.3) is 0 Å². The van der Waals surface area contributed by atoms with E-state index in [2.05, 4.69) is 59.9 Å². The molecule has 2 atom stereocenters. The molecule has 1 heterocycles. The predicted octanol–water partition coefficient (Wildman–Crippen LogP) is 4.77. The Morgan fingerprint density at radius 2 is 1.56 bits per heavy atom. The monoisotopic (exact) mass is 347 g/mol. The summed E-state index contributed by atoms with van der Waals surface area (Å²) in [5.41, 5.74) is 2.30. The van der Waals surface area contributed by atoms with E-state index in [0.717, 1.165) is 11.1 Å². The summed E-state index contributed by atoms with van der Waals surface area (Å²) in [6.07, 6.45) is -0.477. The number of aliphatic hydroxyl groups is 1. The van der Waals surface area contributed by atoms with Crippen molar-refractivity contribution in [2.75, 3.05) is 13.6 Å². The minimum absolute atomic E-state index is 0.0447. The third-order valence-corrected chi connectivity index (χ3v) is 5.87. The molecule has 0 amide bonds. The van der Waals surface area contributed by atoms with Crippen LogP contribution >= 0.6 is 11.3 Å². The maximum atomic E-state index is 10.8. The zero-order chi connectivity index (χ0) is 17.2. The number of aliphatic hydroxyl groups excluding tert-OH is 1. The van der Waals surface area contributed by atoms with Crippen LogP contribution in [-0.2, 0) is 0 Å². The maximum absolute atomic E-state index is 10.8. The third-order valence-electron chi connectivity index (χ3n) is 4.72. The van der Waals surface area contributed by atoms with Gasteiger partial charge in [0.2, 0.25) is 0 Å². The third kappa shape index (κ3) is 3.07. The minimum atomic E-state index is -0.477. The van der Waals surface area contributed by atoms with Gasteiger partial charge in [0.1, 0.15) is 0 Å². The first-order valence-electron chi connectivity index (χ1n) is 8.57. The smallest absolute Gasteiger partial charge is 0.0773 e. The van der Waals surface area contributed by atoms with Crippen molar-refractivity contribution in [2.45, 2.75) is 12.0 Å². The van der Waals surface area contributed by atoms with Gasteiger partial charge in [-0.3, -0.25) is 0 Å². The van der Waals surface area contributed by atoms with Crippen molar-refractivity contribution in [2.24, 2.45) is 0 Å². The summed E-state index contributed by atoms with van der Waals surface area (Å²) < 4.78 is 2.60. The van der Waals surface area contributed by atoms with Crippen LogP contribution in [0.4, 0.5) is 0 Å². The summed E-state index contributed by atoms with van der Waals surface area (Å²) in [6.45, 7) is 0.558. The van der Waals surface area contributed by atoms with E-state index in [1.165, 1.54) is 20.2 Å². The Hall–Kier alpha value is -2.20. The molecule has 0 bridgehead atoms. The quantitative estimate of drug-likeness (QED) is 0.545. The summed E-state index contributed by atoms with van der Waals surface area (Å²) in [6, 6.07) is 25.4. The van der Waals surface area contributed by atoms with Gasteiger partial charge in [-0.1, -0.05) is 54.6 Å². The summed E-state index contributed by atoms with van der Waals surface area (Å²) in [5.74, 6) is -0.0447. The molecule has 0 fully saturated rings. The molecule has 25 heavy (non-hydrogen) atoms. The van der Waals surface area contributed by atoms with Crippen LogP contribution in [-0.4, -0.2) is 24.8 Å². The van der Waals surface area contributed by atoms with Crippen molar-refractivity contribution in [3.63, 3.8) is 0 Å². The van der Waals surface area contributed by atoms with Crippen molar-refractivity contribution in [1.82, 2.24) is 5.32 Å². The topological polar surface area (TPSA) is 32.3 Å². The molecule has 3 heteroatoms. The molecule has 2 unspecified atom stereocenters. The van der Waals surface area contributed by atoms with Crippen molar-refractivity contribution in [3.8, 4) is 0 Å². The van der Waals surface area contributed by atoms with Crippen LogP contribution < -0.4 is 5.32 Å². The Balaban J connectivity index is 1.87. The summed E-state index contributed by atoms with van der Waals surface area (Å²) in [7, 11) is 1.88. The van der Waals surface area contributed by atoms with Crippen LogP contribution in [0.15, 0.2) is 72.8 Å². The minimum Gasteiger partial charge on any atom is -0.391 e. The predicted molar refractivity (Wildman–Crippen MR) is 108 cm³/mol. The molecular weight excluding hydrogens is 326 g/mol. The molecule has 126 valence electrons. The van der Waals surface area contributed by atoms with Crippen LogP contribution in [0.5, 0.6) is 0 Å². The molecule has 2 nitrogen and oxygen atoms in total. The van der Waals surface area contributed by atoms with E-state index in [4.69, 9.17) is 0 Å². The molecule has 3 aromatic carbocycles. The van der Waals surface area contributed by atoms with Gasteiger partial charge in [0.05, 0.1) is 6.10 Å². The van der Waals surface area contributed by atoms with E-state index in [9.17, 15) is 5.11 Å². The van der Waals surface area contributed by atoms with Gasteiger partial charge < -0.3 is 10.4 Å². The number of hydrogen-bond donors (Lipinski definition) is 2. The van der Waals surface area contributed by atoms with E-state index < -0.39 is 6.10 Å². The molecule has 0 radical (unpaired) electrons. The van der Waals surface area contributed by atoms with Crippen LogP contribution in [0.1, 0.15) is 17.0 Å². The first-order valence-corrected chi connectivity index (χ1v) is 9.38. The highest BCUT2D eigenvalue weighted by molar-refractivity contribution is 7.25. The molecule has 4 aromatic rings. The van der Waals surface area contributed by atoms with Gasteiger partial charge in [0, 0.05) is 32.6 Å². The number of hydrogen-bond acceptors (Lipinski definition) is 3. The molecule has 0 spiro atoms. The van der Waals surface area contributed by atoms with Crippen molar-refractivity contribution >= 4 is 31.5 Å². The molecule has 1 aromatic heterocycles. The lowest BCUT2D eigenvalue weighted by Gasteiger charge is -2.24. The van der Waals surface area contributed by atoms with Gasteiger partial charge in [-0.15, -0.1) is 11.3 Å². The highest BCUT2D eigenvalue weighted by Gasteiger charge is 2.23. The number of fused-ring (bicyclic) bond motifs is 3. The second-order valence-corrected chi connectivity index (χ2v) is 7.45. The van der Waals surface area contributed by atoms with Gasteiger partial charge in [-0.2, -0.15) is 0 Å². The lowest BCUT2D eigenvalue weighted by molar-refractivity contribution is 0.156. The highest BCUT2D eigenvalue weighted by atomic mass is 32.1. The van der Waals surface area contributed by atoms with Crippen molar-refractivity contribution in [3.05, 3.63) is 83.9 Å².